The van der Waals surface area contributed by atoms with Gasteiger partial charge in [0.25, 0.3) is 5.91 Å². The molecule has 7 heteroatoms. The second-order valence-corrected chi connectivity index (χ2v) is 6.50. The van der Waals surface area contributed by atoms with E-state index >= 15 is 0 Å². The van der Waals surface area contributed by atoms with Gasteiger partial charge >= 0.3 is 5.97 Å². The first-order valence-electron chi connectivity index (χ1n) is 8.89. The van der Waals surface area contributed by atoms with Gasteiger partial charge in [-0.2, -0.15) is 0 Å². The highest BCUT2D eigenvalue weighted by atomic mass is 16.5. The summed E-state index contributed by atoms with van der Waals surface area (Å²) in [6, 6.07) is 10.0. The summed E-state index contributed by atoms with van der Waals surface area (Å²) in [6.07, 6.45) is 5.00. The number of carbonyl (C=O) groups is 2. The number of aromatic nitrogens is 1. The van der Waals surface area contributed by atoms with Crippen LogP contribution in [-0.4, -0.2) is 34.7 Å². The van der Waals surface area contributed by atoms with E-state index in [-0.39, 0.29) is 24.7 Å². The molecule has 142 valence electrons. The number of aliphatic carboxylic acids is 1. The number of rotatable bonds is 8. The van der Waals surface area contributed by atoms with Crippen molar-refractivity contribution in [3.8, 4) is 11.6 Å². The Morgan fingerprint density at radius 3 is 2.63 bits per heavy atom. The molecule has 0 bridgehead atoms. The van der Waals surface area contributed by atoms with Crippen LogP contribution in [0.4, 0.5) is 0 Å². The largest absolute Gasteiger partial charge is 0.482 e. The highest BCUT2D eigenvalue weighted by Gasteiger charge is 2.20. The van der Waals surface area contributed by atoms with Crippen molar-refractivity contribution in [1.29, 1.82) is 0 Å². The molecule has 0 radical (unpaired) electrons. The van der Waals surface area contributed by atoms with Crippen molar-refractivity contribution in [2.45, 2.75) is 38.3 Å². The fourth-order valence-corrected chi connectivity index (χ4v) is 2.64. The molecule has 1 saturated carbocycles. The van der Waals surface area contributed by atoms with Crippen molar-refractivity contribution in [3.05, 3.63) is 53.7 Å². The maximum Gasteiger partial charge on any atom is 0.341 e. The number of pyridine rings is 1. The predicted molar refractivity (Wildman–Crippen MR) is 98.0 cm³/mol. The van der Waals surface area contributed by atoms with E-state index in [1.54, 1.807) is 42.6 Å². The zero-order valence-electron chi connectivity index (χ0n) is 15.1. The van der Waals surface area contributed by atoms with Gasteiger partial charge in [-0.15, -0.1) is 0 Å². The molecule has 1 fully saturated rings. The third kappa shape index (κ3) is 5.20. The van der Waals surface area contributed by atoms with Crippen LogP contribution >= 0.6 is 0 Å². The van der Waals surface area contributed by atoms with E-state index in [1.165, 1.54) is 6.42 Å². The molecule has 7 nitrogen and oxygen atoms in total. The first-order valence-corrected chi connectivity index (χ1v) is 8.89. The molecule has 0 saturated heterocycles. The van der Waals surface area contributed by atoms with Gasteiger partial charge in [-0.25, -0.2) is 9.78 Å². The number of carboxylic acids is 1. The zero-order chi connectivity index (χ0) is 19.2. The molecule has 1 amide bonds. The Bertz CT molecular complexity index is 802. The van der Waals surface area contributed by atoms with E-state index in [9.17, 15) is 9.59 Å². The van der Waals surface area contributed by atoms with Crippen molar-refractivity contribution in [2.24, 2.45) is 0 Å². The molecule has 1 heterocycles. The normalized spacial score (nSPS) is 14.7. The molecule has 1 aromatic carbocycles. The minimum atomic E-state index is -1.03. The lowest BCUT2D eigenvalue weighted by Crippen LogP contribution is -2.27. The van der Waals surface area contributed by atoms with Gasteiger partial charge in [-0.1, -0.05) is 12.1 Å². The summed E-state index contributed by atoms with van der Waals surface area (Å²) in [5.74, 6) is -0.307. The lowest BCUT2D eigenvalue weighted by atomic mass is 9.96. The number of carboxylic acid groups (broad SMARTS) is 1. The second-order valence-electron chi connectivity index (χ2n) is 6.50. The Morgan fingerprint density at radius 1 is 1.26 bits per heavy atom. The van der Waals surface area contributed by atoms with Gasteiger partial charge in [0.2, 0.25) is 5.88 Å². The van der Waals surface area contributed by atoms with Crippen molar-refractivity contribution in [2.75, 3.05) is 6.61 Å². The number of nitrogens with one attached hydrogen (secondary N) is 1. The minimum absolute atomic E-state index is 0.205. The van der Waals surface area contributed by atoms with Crippen LogP contribution in [0.1, 0.15) is 48.1 Å². The molecule has 1 aliphatic carbocycles. The van der Waals surface area contributed by atoms with Crippen molar-refractivity contribution < 1.29 is 24.2 Å². The highest BCUT2D eigenvalue weighted by molar-refractivity contribution is 5.94. The molecular formula is C20H22N2O5. The fourth-order valence-electron chi connectivity index (χ4n) is 2.64. The number of benzene rings is 1. The molecule has 3 rings (SSSR count). The smallest absolute Gasteiger partial charge is 0.341 e. The number of hydrogen-bond donors (Lipinski definition) is 2. The van der Waals surface area contributed by atoms with Crippen LogP contribution in [0.15, 0.2) is 42.6 Å². The summed E-state index contributed by atoms with van der Waals surface area (Å²) in [7, 11) is 0. The molecule has 2 N–H and O–H groups in total. The van der Waals surface area contributed by atoms with E-state index in [2.05, 4.69) is 10.3 Å². The average Bonchev–Trinajstić information content (AvgIpc) is 2.63. The lowest BCUT2D eigenvalue weighted by Gasteiger charge is -2.25. The van der Waals surface area contributed by atoms with Crippen LogP contribution in [0, 0.1) is 0 Å². The molecule has 1 aromatic heterocycles. The van der Waals surface area contributed by atoms with Gasteiger partial charge in [0.1, 0.15) is 11.9 Å². The predicted octanol–water partition coefficient (Wildman–Crippen LogP) is 2.97. The second kappa shape index (κ2) is 8.53. The monoisotopic (exact) mass is 370 g/mol. The number of carbonyl (C=O) groups excluding carboxylic acids is 1. The maximum absolute atomic E-state index is 12.5. The van der Waals surface area contributed by atoms with Crippen LogP contribution < -0.4 is 14.8 Å². The third-order valence-electron chi connectivity index (χ3n) is 4.43. The summed E-state index contributed by atoms with van der Waals surface area (Å²) in [5.41, 5.74) is 1.37. The summed E-state index contributed by atoms with van der Waals surface area (Å²) >= 11 is 0. The Morgan fingerprint density at radius 2 is 2.00 bits per heavy atom. The Balaban J connectivity index is 1.58. The topological polar surface area (TPSA) is 97.8 Å². The molecule has 2 aromatic rings. The summed E-state index contributed by atoms with van der Waals surface area (Å²) in [6.45, 7) is 1.48. The molecule has 27 heavy (non-hydrogen) atoms. The van der Waals surface area contributed by atoms with Crippen LogP contribution in [0.5, 0.6) is 11.6 Å². The summed E-state index contributed by atoms with van der Waals surface area (Å²) in [5, 5.41) is 11.6. The number of nitrogens with zero attached hydrogens (tertiary/aromatic N) is 1. The first-order chi connectivity index (χ1) is 13.0. The average molecular weight is 370 g/mol. The van der Waals surface area contributed by atoms with E-state index in [0.717, 1.165) is 18.4 Å². The van der Waals surface area contributed by atoms with E-state index in [0.29, 0.717) is 17.2 Å². The lowest BCUT2D eigenvalue weighted by molar-refractivity contribution is -0.139. The van der Waals surface area contributed by atoms with Crippen LogP contribution in [0.3, 0.4) is 0 Å². The summed E-state index contributed by atoms with van der Waals surface area (Å²) in [4.78, 5) is 27.2. The highest BCUT2D eigenvalue weighted by Crippen LogP contribution is 2.24. The third-order valence-corrected chi connectivity index (χ3v) is 4.43. The quantitative estimate of drug-likeness (QED) is 0.741. The van der Waals surface area contributed by atoms with Crippen LogP contribution in [-0.2, 0) is 4.79 Å². The van der Waals surface area contributed by atoms with Crippen LogP contribution in [0.2, 0.25) is 0 Å². The van der Waals surface area contributed by atoms with Gasteiger partial charge in [0, 0.05) is 17.8 Å². The van der Waals surface area contributed by atoms with E-state index in [4.69, 9.17) is 14.6 Å². The van der Waals surface area contributed by atoms with Crippen molar-refractivity contribution in [3.63, 3.8) is 0 Å². The van der Waals surface area contributed by atoms with Gasteiger partial charge < -0.3 is 19.9 Å². The van der Waals surface area contributed by atoms with Gasteiger partial charge in [-0.05, 0) is 49.9 Å². The maximum atomic E-state index is 12.5. The zero-order valence-corrected chi connectivity index (χ0v) is 15.1. The molecule has 1 unspecified atom stereocenters. The standard InChI is InChI=1S/C20H22N2O5/c1-13(14-5-7-16(8-6-14)26-12-19(23)24)22-20(25)15-9-10-21-18(11-15)27-17-3-2-4-17/h5-11,13,17H,2-4,12H2,1H3,(H,22,25)(H,23,24). The fraction of sp³-hybridized carbons (Fsp3) is 0.350. The Kier molecular flexibility index (Phi) is 5.90. The first kappa shape index (κ1) is 18.7. The molecule has 1 aliphatic rings. The van der Waals surface area contributed by atoms with Crippen molar-refractivity contribution in [1.82, 2.24) is 10.3 Å². The van der Waals surface area contributed by atoms with E-state index in [1.807, 2.05) is 6.92 Å². The number of hydrogen-bond acceptors (Lipinski definition) is 5. The Hall–Kier alpha value is -3.09. The summed E-state index contributed by atoms with van der Waals surface area (Å²) < 4.78 is 10.8. The van der Waals surface area contributed by atoms with Gasteiger partial charge in [0.15, 0.2) is 6.61 Å². The molecule has 0 spiro atoms. The van der Waals surface area contributed by atoms with E-state index < -0.39 is 5.97 Å². The van der Waals surface area contributed by atoms with Gasteiger partial charge in [-0.3, -0.25) is 4.79 Å². The van der Waals surface area contributed by atoms with Crippen molar-refractivity contribution >= 4 is 11.9 Å². The Labute approximate surface area is 157 Å². The SMILES string of the molecule is CC(NC(=O)c1ccnc(OC2CCC2)c1)c1ccc(OCC(=O)O)cc1. The minimum Gasteiger partial charge on any atom is -0.482 e. The number of ether oxygens (including phenoxy) is 2. The molecule has 1 atom stereocenters. The molecular weight excluding hydrogens is 348 g/mol. The van der Waals surface area contributed by atoms with Gasteiger partial charge in [0.05, 0.1) is 6.04 Å². The van der Waals surface area contributed by atoms with Crippen LogP contribution in [0.25, 0.3) is 0 Å². The number of amides is 1. The molecule has 0 aliphatic heterocycles.